The summed E-state index contributed by atoms with van der Waals surface area (Å²) >= 11 is 0. The average Bonchev–Trinajstić information content (AvgIpc) is 2.01. The molecule has 3 N–H and O–H groups in total. The van der Waals surface area contributed by atoms with E-state index in [4.69, 9.17) is 10.2 Å². The first-order chi connectivity index (χ1) is 6.45. The van der Waals surface area contributed by atoms with Gasteiger partial charge < -0.3 is 15.5 Å². The van der Waals surface area contributed by atoms with Crippen molar-refractivity contribution < 1.29 is 24.6 Å². The largest absolute Gasteiger partial charge is 0.480 e. The van der Waals surface area contributed by atoms with Crippen LogP contribution in [0.15, 0.2) is 0 Å². The number of nitrogens with zero attached hydrogens (tertiary/aromatic N) is 1. The Kier molecular flexibility index (Phi) is 5.23. The van der Waals surface area contributed by atoms with Crippen LogP contribution in [0.3, 0.4) is 0 Å². The van der Waals surface area contributed by atoms with Gasteiger partial charge in [-0.3, -0.25) is 19.3 Å². The summed E-state index contributed by atoms with van der Waals surface area (Å²) in [6.07, 6.45) is 0. The summed E-state index contributed by atoms with van der Waals surface area (Å²) in [5.41, 5.74) is 0. The second-order valence-electron chi connectivity index (χ2n) is 2.61. The molecule has 0 radical (unpaired) electrons. The molecule has 7 nitrogen and oxygen atoms in total. The van der Waals surface area contributed by atoms with Gasteiger partial charge in [-0.2, -0.15) is 0 Å². The minimum Gasteiger partial charge on any atom is -0.480 e. The van der Waals surface area contributed by atoms with E-state index in [2.05, 4.69) is 5.32 Å². The monoisotopic (exact) mass is 204 g/mol. The van der Waals surface area contributed by atoms with E-state index < -0.39 is 30.9 Å². The zero-order chi connectivity index (χ0) is 11.1. The van der Waals surface area contributed by atoms with Gasteiger partial charge >= 0.3 is 11.9 Å². The molecule has 0 unspecified atom stereocenters. The van der Waals surface area contributed by atoms with E-state index in [9.17, 15) is 14.4 Å². The zero-order valence-electron chi connectivity index (χ0n) is 7.69. The topological polar surface area (TPSA) is 107 Å². The molecular formula is C7H12N2O5. The summed E-state index contributed by atoms with van der Waals surface area (Å²) in [6, 6.07) is 0. The lowest BCUT2D eigenvalue weighted by Crippen LogP contribution is -2.41. The summed E-state index contributed by atoms with van der Waals surface area (Å²) in [4.78, 5) is 32.5. The Hall–Kier alpha value is -1.63. The van der Waals surface area contributed by atoms with Crippen molar-refractivity contribution in [2.45, 2.75) is 0 Å². The molecule has 0 aliphatic heterocycles. The number of amides is 1. The second-order valence-corrected chi connectivity index (χ2v) is 2.61. The van der Waals surface area contributed by atoms with Crippen LogP contribution in [-0.4, -0.2) is 59.6 Å². The highest BCUT2D eigenvalue weighted by atomic mass is 16.4. The van der Waals surface area contributed by atoms with Gasteiger partial charge in [0.1, 0.15) is 0 Å². The Morgan fingerprint density at radius 3 is 1.79 bits per heavy atom. The van der Waals surface area contributed by atoms with Crippen LogP contribution < -0.4 is 5.32 Å². The van der Waals surface area contributed by atoms with Crippen LogP contribution in [-0.2, 0) is 14.4 Å². The van der Waals surface area contributed by atoms with Gasteiger partial charge in [-0.1, -0.05) is 0 Å². The molecule has 0 rings (SSSR count). The molecule has 14 heavy (non-hydrogen) atoms. The average molecular weight is 204 g/mol. The SMILES string of the molecule is CNC(=O)CN(CC(=O)O)CC(=O)O. The van der Waals surface area contributed by atoms with Crippen LogP contribution in [0.2, 0.25) is 0 Å². The smallest absolute Gasteiger partial charge is 0.317 e. The maximum Gasteiger partial charge on any atom is 0.317 e. The Balaban J connectivity index is 4.16. The molecule has 0 saturated carbocycles. The molecule has 0 heterocycles. The molecule has 0 spiro atoms. The molecule has 0 aromatic carbocycles. The first-order valence-electron chi connectivity index (χ1n) is 3.82. The van der Waals surface area contributed by atoms with Crippen LogP contribution in [0.4, 0.5) is 0 Å². The van der Waals surface area contributed by atoms with E-state index in [1.54, 1.807) is 0 Å². The van der Waals surface area contributed by atoms with Crippen molar-refractivity contribution in [1.82, 2.24) is 10.2 Å². The predicted molar refractivity (Wildman–Crippen MR) is 45.8 cm³/mol. The third kappa shape index (κ3) is 5.95. The van der Waals surface area contributed by atoms with E-state index >= 15 is 0 Å². The predicted octanol–water partition coefficient (Wildman–Crippen LogP) is -1.80. The molecule has 0 atom stereocenters. The van der Waals surface area contributed by atoms with Crippen LogP contribution in [0.1, 0.15) is 0 Å². The highest BCUT2D eigenvalue weighted by Gasteiger charge is 2.15. The van der Waals surface area contributed by atoms with Crippen LogP contribution >= 0.6 is 0 Å². The molecule has 80 valence electrons. The number of nitrogens with one attached hydrogen (secondary N) is 1. The number of rotatable bonds is 6. The number of hydrogen-bond acceptors (Lipinski definition) is 4. The number of aliphatic carboxylic acids is 2. The highest BCUT2D eigenvalue weighted by molar-refractivity contribution is 5.80. The van der Waals surface area contributed by atoms with Gasteiger partial charge in [0.05, 0.1) is 19.6 Å². The number of carboxylic acid groups (broad SMARTS) is 2. The number of carbonyl (C=O) groups excluding carboxylic acids is 1. The molecule has 0 aliphatic rings. The maximum absolute atomic E-state index is 10.8. The third-order valence-electron chi connectivity index (χ3n) is 1.36. The van der Waals surface area contributed by atoms with E-state index in [-0.39, 0.29) is 6.54 Å². The lowest BCUT2D eigenvalue weighted by molar-refractivity contribution is -0.142. The summed E-state index contributed by atoms with van der Waals surface area (Å²) in [7, 11) is 1.39. The number of carbonyl (C=O) groups is 3. The number of likely N-dealkylation sites (N-methyl/N-ethyl adjacent to an activating group) is 1. The van der Waals surface area contributed by atoms with Gasteiger partial charge in [-0.15, -0.1) is 0 Å². The summed E-state index contributed by atoms with van der Waals surface area (Å²) in [5, 5.41) is 19.1. The van der Waals surface area contributed by atoms with Gasteiger partial charge in [0.25, 0.3) is 0 Å². The second kappa shape index (κ2) is 5.92. The normalized spacial score (nSPS) is 9.86. The van der Waals surface area contributed by atoms with Crippen molar-refractivity contribution in [2.24, 2.45) is 0 Å². The van der Waals surface area contributed by atoms with E-state index in [0.29, 0.717) is 0 Å². The van der Waals surface area contributed by atoms with Crippen molar-refractivity contribution in [2.75, 3.05) is 26.7 Å². The molecule has 0 aromatic rings. The first kappa shape index (κ1) is 12.4. The van der Waals surface area contributed by atoms with E-state index in [0.717, 1.165) is 4.90 Å². The minimum absolute atomic E-state index is 0.241. The fourth-order valence-corrected chi connectivity index (χ4v) is 0.832. The molecular weight excluding hydrogens is 192 g/mol. The van der Waals surface area contributed by atoms with Crippen molar-refractivity contribution >= 4 is 17.8 Å². The quantitative estimate of drug-likeness (QED) is 0.471. The van der Waals surface area contributed by atoms with E-state index in [1.165, 1.54) is 7.05 Å². The van der Waals surface area contributed by atoms with Crippen LogP contribution in [0, 0.1) is 0 Å². The summed E-state index contributed by atoms with van der Waals surface area (Å²) in [6.45, 7) is -1.19. The lowest BCUT2D eigenvalue weighted by atomic mass is 10.4. The fourth-order valence-electron chi connectivity index (χ4n) is 0.832. The van der Waals surface area contributed by atoms with Gasteiger partial charge in [0.2, 0.25) is 5.91 Å². The number of carboxylic acids is 2. The number of hydrogen-bond donors (Lipinski definition) is 3. The van der Waals surface area contributed by atoms with Crippen molar-refractivity contribution in [3.63, 3.8) is 0 Å². The van der Waals surface area contributed by atoms with E-state index in [1.807, 2.05) is 0 Å². The third-order valence-corrected chi connectivity index (χ3v) is 1.36. The minimum atomic E-state index is -1.17. The highest BCUT2D eigenvalue weighted by Crippen LogP contribution is 1.87. The van der Waals surface area contributed by atoms with Gasteiger partial charge in [-0.05, 0) is 0 Å². The Bertz CT molecular complexity index is 224. The molecule has 0 fully saturated rings. The Labute approximate surface area is 80.3 Å². The Morgan fingerprint density at radius 1 is 1.07 bits per heavy atom. The zero-order valence-corrected chi connectivity index (χ0v) is 7.69. The fraction of sp³-hybridized carbons (Fsp3) is 0.571. The first-order valence-corrected chi connectivity index (χ1v) is 3.82. The van der Waals surface area contributed by atoms with Crippen LogP contribution in [0.5, 0.6) is 0 Å². The summed E-state index contributed by atoms with van der Waals surface area (Å²) in [5.74, 6) is -2.77. The standard InChI is InChI=1S/C7H12N2O5/c1-8-5(10)2-9(3-6(11)12)4-7(13)14/h2-4H2,1H3,(H,8,10)(H,11,12)(H,13,14). The van der Waals surface area contributed by atoms with Gasteiger partial charge in [0.15, 0.2) is 0 Å². The summed E-state index contributed by atoms with van der Waals surface area (Å²) < 4.78 is 0. The molecule has 0 saturated heterocycles. The molecule has 7 heteroatoms. The van der Waals surface area contributed by atoms with Gasteiger partial charge in [-0.25, -0.2) is 0 Å². The molecule has 0 bridgehead atoms. The van der Waals surface area contributed by atoms with Crippen LogP contribution in [0.25, 0.3) is 0 Å². The lowest BCUT2D eigenvalue weighted by Gasteiger charge is -2.16. The van der Waals surface area contributed by atoms with Gasteiger partial charge in [0, 0.05) is 7.05 Å². The van der Waals surface area contributed by atoms with Crippen molar-refractivity contribution in [1.29, 1.82) is 0 Å². The molecule has 0 aliphatic carbocycles. The Morgan fingerprint density at radius 2 is 1.50 bits per heavy atom. The molecule has 1 amide bonds. The van der Waals surface area contributed by atoms with Crippen molar-refractivity contribution in [3.05, 3.63) is 0 Å². The molecule has 0 aromatic heterocycles. The maximum atomic E-state index is 10.8. The van der Waals surface area contributed by atoms with Crippen molar-refractivity contribution in [3.8, 4) is 0 Å².